The van der Waals surface area contributed by atoms with Gasteiger partial charge in [0.25, 0.3) is 0 Å². The summed E-state index contributed by atoms with van der Waals surface area (Å²) in [5.74, 6) is 0.730. The summed E-state index contributed by atoms with van der Waals surface area (Å²) in [6.45, 7) is 4.36. The average Bonchev–Trinajstić information content (AvgIpc) is 3.48. The van der Waals surface area contributed by atoms with E-state index >= 15 is 0 Å². The number of nitrogens with two attached hydrogens (primary N) is 1. The normalized spacial score (nSPS) is 17.4. The minimum Gasteiger partial charge on any atom is -0.491 e. The molecule has 38 heavy (non-hydrogen) atoms. The van der Waals surface area contributed by atoms with Crippen LogP contribution in [0.15, 0.2) is 65.1 Å². The molecule has 2 unspecified atom stereocenters. The molecule has 4 N–H and O–H groups in total. The Labute approximate surface area is 224 Å². The van der Waals surface area contributed by atoms with Crippen molar-refractivity contribution in [2.75, 3.05) is 12.3 Å². The fourth-order valence-corrected chi connectivity index (χ4v) is 4.75. The van der Waals surface area contributed by atoms with Gasteiger partial charge in [0, 0.05) is 40.6 Å². The molecule has 8 nitrogen and oxygen atoms in total. The number of ether oxygens (including phenoxy) is 1. The van der Waals surface area contributed by atoms with Gasteiger partial charge in [0.1, 0.15) is 41.1 Å². The number of aromatic nitrogens is 3. The summed E-state index contributed by atoms with van der Waals surface area (Å²) in [5, 5.41) is 10.9. The van der Waals surface area contributed by atoms with Crippen LogP contribution in [0.2, 0.25) is 0 Å². The standard InChI is InChI=1S/C27H28ClF2N7O/c1-15(4-3-11-38-24-13-18(31)6-10-23(24)37-14-32-16(2)36-37)33-26-21-9-8-20(25(21)34-27(28)35-26)19-7-5-17(29)12-22(19)30/h5-8,10,12-15,27,34H,3-4,9,11,31H2,1-2H3,(H,33,35). The number of alkyl halides is 1. The molecule has 2 aliphatic rings. The third-order valence-electron chi connectivity index (χ3n) is 6.35. The zero-order valence-electron chi connectivity index (χ0n) is 21.0. The van der Waals surface area contributed by atoms with Crippen LogP contribution in [0.4, 0.5) is 14.5 Å². The lowest BCUT2D eigenvalue weighted by Gasteiger charge is -2.26. The molecule has 198 valence electrons. The maximum absolute atomic E-state index is 14.5. The Bertz CT molecular complexity index is 1450. The summed E-state index contributed by atoms with van der Waals surface area (Å²) in [6, 6.07) is 9.07. The molecule has 0 spiro atoms. The van der Waals surface area contributed by atoms with E-state index in [1.165, 1.54) is 12.1 Å². The first-order valence-corrected chi connectivity index (χ1v) is 12.8. The van der Waals surface area contributed by atoms with Crippen LogP contribution >= 0.6 is 11.6 Å². The van der Waals surface area contributed by atoms with Crippen molar-refractivity contribution in [1.29, 1.82) is 0 Å². The zero-order chi connectivity index (χ0) is 26.8. The molecule has 1 aliphatic heterocycles. The van der Waals surface area contributed by atoms with E-state index in [2.05, 4.69) is 32.6 Å². The molecule has 3 aromatic rings. The SMILES string of the molecule is Cc1ncn(-c2ccc(N)cc2OCCCC(C)NC2=NC(Cl)NC3=C2CC=C3c2ccc(F)cc2F)n1. The van der Waals surface area contributed by atoms with Crippen LogP contribution in [-0.2, 0) is 0 Å². The van der Waals surface area contributed by atoms with E-state index in [4.69, 9.17) is 22.1 Å². The van der Waals surface area contributed by atoms with E-state index in [-0.39, 0.29) is 6.04 Å². The van der Waals surface area contributed by atoms with E-state index in [1.54, 1.807) is 23.1 Å². The molecule has 0 amide bonds. The smallest absolute Gasteiger partial charge is 0.197 e. The van der Waals surface area contributed by atoms with E-state index in [0.717, 1.165) is 30.2 Å². The largest absolute Gasteiger partial charge is 0.491 e. The molecule has 0 saturated carbocycles. The van der Waals surface area contributed by atoms with Gasteiger partial charge in [0.2, 0.25) is 0 Å². The second-order valence-corrected chi connectivity index (χ2v) is 9.67. The highest BCUT2D eigenvalue weighted by molar-refractivity contribution is 6.22. The molecule has 2 atom stereocenters. The number of anilines is 1. The summed E-state index contributed by atoms with van der Waals surface area (Å²) in [5.41, 5.74) is 9.21. The number of nitrogen functional groups attached to an aromatic ring is 1. The average molecular weight is 540 g/mol. The van der Waals surface area contributed by atoms with Crippen LogP contribution in [0.5, 0.6) is 5.75 Å². The number of benzene rings is 2. The Morgan fingerprint density at radius 1 is 1.26 bits per heavy atom. The third-order valence-corrected chi connectivity index (χ3v) is 6.56. The highest BCUT2D eigenvalue weighted by atomic mass is 35.5. The van der Waals surface area contributed by atoms with Gasteiger partial charge in [-0.25, -0.2) is 23.4 Å². The van der Waals surface area contributed by atoms with Gasteiger partial charge in [-0.2, -0.15) is 5.10 Å². The van der Waals surface area contributed by atoms with Crippen LogP contribution in [0, 0.1) is 18.6 Å². The second kappa shape index (κ2) is 10.8. The van der Waals surface area contributed by atoms with Crippen molar-refractivity contribution in [1.82, 2.24) is 25.4 Å². The number of allylic oxidation sites excluding steroid dienone is 2. The van der Waals surface area contributed by atoms with Gasteiger partial charge >= 0.3 is 0 Å². The Kier molecular flexibility index (Phi) is 7.33. The van der Waals surface area contributed by atoms with Crippen LogP contribution in [0.3, 0.4) is 0 Å². The molecule has 0 fully saturated rings. The summed E-state index contributed by atoms with van der Waals surface area (Å²) in [7, 11) is 0. The van der Waals surface area contributed by atoms with Crippen molar-refractivity contribution < 1.29 is 13.5 Å². The number of nitrogens with one attached hydrogen (secondary N) is 2. The highest BCUT2D eigenvalue weighted by Crippen LogP contribution is 2.36. The van der Waals surface area contributed by atoms with Crippen molar-refractivity contribution in [2.45, 2.75) is 44.8 Å². The van der Waals surface area contributed by atoms with Crippen LogP contribution in [0.1, 0.15) is 37.6 Å². The quantitative estimate of drug-likeness (QED) is 0.164. The van der Waals surface area contributed by atoms with Crippen molar-refractivity contribution in [3.8, 4) is 11.4 Å². The van der Waals surface area contributed by atoms with E-state index in [9.17, 15) is 8.78 Å². The molecule has 11 heteroatoms. The Morgan fingerprint density at radius 2 is 2.11 bits per heavy atom. The first kappa shape index (κ1) is 25.7. The Hall–Kier alpha value is -3.92. The summed E-state index contributed by atoms with van der Waals surface area (Å²) < 4.78 is 35.6. The zero-order valence-corrected chi connectivity index (χ0v) is 21.8. The number of hydrogen-bond donors (Lipinski definition) is 3. The fourth-order valence-electron chi connectivity index (χ4n) is 4.54. The van der Waals surface area contributed by atoms with Gasteiger partial charge in [-0.05, 0) is 57.4 Å². The molecular formula is C27H28ClF2N7O. The molecule has 1 aliphatic carbocycles. The van der Waals surface area contributed by atoms with Gasteiger partial charge in [0.05, 0.1) is 12.3 Å². The first-order valence-electron chi connectivity index (χ1n) is 12.3. The number of nitrogens with zero attached hydrogens (tertiary/aromatic N) is 4. The monoisotopic (exact) mass is 539 g/mol. The molecule has 0 radical (unpaired) electrons. The van der Waals surface area contributed by atoms with E-state index in [0.29, 0.717) is 53.0 Å². The highest BCUT2D eigenvalue weighted by Gasteiger charge is 2.30. The first-order chi connectivity index (χ1) is 18.3. The van der Waals surface area contributed by atoms with Gasteiger partial charge in [-0.3, -0.25) is 0 Å². The van der Waals surface area contributed by atoms with Gasteiger partial charge in [-0.1, -0.05) is 17.7 Å². The third kappa shape index (κ3) is 5.50. The second-order valence-electron chi connectivity index (χ2n) is 9.26. The molecule has 1 aromatic heterocycles. The summed E-state index contributed by atoms with van der Waals surface area (Å²) in [6.07, 6.45) is 5.66. The molecule has 0 saturated heterocycles. The van der Waals surface area contributed by atoms with Crippen molar-refractivity contribution >= 4 is 28.7 Å². The van der Waals surface area contributed by atoms with Gasteiger partial charge in [-0.15, -0.1) is 0 Å². The number of hydrogen-bond acceptors (Lipinski definition) is 7. The van der Waals surface area contributed by atoms with E-state index in [1.807, 2.05) is 19.1 Å². The topological polar surface area (TPSA) is 102 Å². The Balaban J connectivity index is 1.20. The van der Waals surface area contributed by atoms with Crippen LogP contribution in [-0.4, -0.2) is 38.9 Å². The lowest BCUT2D eigenvalue weighted by atomic mass is 10.0. The predicted octanol–water partition coefficient (Wildman–Crippen LogP) is 4.84. The fraction of sp³-hybridized carbons (Fsp3) is 0.296. The number of halogens is 3. The minimum absolute atomic E-state index is 0.0675. The van der Waals surface area contributed by atoms with Crippen molar-refractivity contribution in [3.63, 3.8) is 0 Å². The van der Waals surface area contributed by atoms with Gasteiger partial charge in [0.15, 0.2) is 5.62 Å². The maximum atomic E-state index is 14.5. The Morgan fingerprint density at radius 3 is 2.87 bits per heavy atom. The number of amidine groups is 1. The summed E-state index contributed by atoms with van der Waals surface area (Å²) >= 11 is 6.36. The van der Waals surface area contributed by atoms with E-state index < -0.39 is 17.3 Å². The lowest BCUT2D eigenvalue weighted by molar-refractivity contribution is 0.299. The predicted molar refractivity (Wildman–Crippen MR) is 144 cm³/mol. The number of rotatable bonds is 8. The molecule has 2 aromatic carbocycles. The number of aliphatic imine (C=N–C) groups is 1. The van der Waals surface area contributed by atoms with Crippen molar-refractivity contribution in [2.24, 2.45) is 4.99 Å². The molecular weight excluding hydrogens is 512 g/mol. The van der Waals surface area contributed by atoms with Crippen molar-refractivity contribution in [3.05, 3.63) is 83.1 Å². The minimum atomic E-state index is -0.709. The lowest BCUT2D eigenvalue weighted by Crippen LogP contribution is -2.40. The number of aryl methyl sites for hydroxylation is 1. The maximum Gasteiger partial charge on any atom is 0.197 e. The molecule has 0 bridgehead atoms. The molecule has 2 heterocycles. The van der Waals surface area contributed by atoms with Crippen LogP contribution in [0.25, 0.3) is 11.3 Å². The van der Waals surface area contributed by atoms with Crippen LogP contribution < -0.4 is 21.1 Å². The summed E-state index contributed by atoms with van der Waals surface area (Å²) in [4.78, 5) is 8.70. The van der Waals surface area contributed by atoms with Gasteiger partial charge < -0.3 is 21.1 Å². The molecule has 5 rings (SSSR count).